The molecular weight excluding hydrogens is 404 g/mol. The summed E-state index contributed by atoms with van der Waals surface area (Å²) in [6, 6.07) is 21.7. The number of hydrogen-bond donors (Lipinski definition) is 3. The van der Waals surface area contributed by atoms with E-state index in [1.54, 1.807) is 0 Å². The lowest BCUT2D eigenvalue weighted by molar-refractivity contribution is 0.483. The maximum absolute atomic E-state index is 5.89. The van der Waals surface area contributed by atoms with Crippen molar-refractivity contribution in [1.82, 2.24) is 15.0 Å². The summed E-state index contributed by atoms with van der Waals surface area (Å²) in [6.07, 6.45) is 1.94. The molecule has 0 atom stereocenters. The van der Waals surface area contributed by atoms with Gasteiger partial charge < -0.3 is 20.0 Å². The fraction of sp³-hybridized carbons (Fsp3) is 0. The third-order valence-corrected chi connectivity index (χ3v) is 4.82. The highest BCUT2D eigenvalue weighted by molar-refractivity contribution is 9.10. The fourth-order valence-corrected chi connectivity index (χ4v) is 3.42. The van der Waals surface area contributed by atoms with Gasteiger partial charge >= 0.3 is 0 Å². The summed E-state index contributed by atoms with van der Waals surface area (Å²) in [6.45, 7) is 0. The number of benzene rings is 3. The molecule has 2 heterocycles. The Morgan fingerprint density at radius 1 is 0.889 bits per heavy atom. The highest BCUT2D eigenvalue weighted by Crippen LogP contribution is 2.30. The van der Waals surface area contributed by atoms with Crippen LogP contribution in [0.5, 0.6) is 11.5 Å². The van der Waals surface area contributed by atoms with Crippen LogP contribution in [0.1, 0.15) is 0 Å². The van der Waals surface area contributed by atoms with Gasteiger partial charge in [-0.25, -0.2) is 4.98 Å². The Hall–Kier alpha value is -3.25. The van der Waals surface area contributed by atoms with Crippen molar-refractivity contribution >= 4 is 49.5 Å². The molecule has 5 aromatic rings. The Morgan fingerprint density at radius 3 is 2.63 bits per heavy atom. The number of para-hydroxylation sites is 1. The fourth-order valence-electron chi connectivity index (χ4n) is 3.06. The lowest BCUT2D eigenvalue weighted by Gasteiger charge is -2.04. The average molecular weight is 419 g/mol. The number of anilines is 2. The van der Waals surface area contributed by atoms with Crippen molar-refractivity contribution in [3.8, 4) is 11.5 Å². The number of nitrogens with zero attached hydrogens (tertiary/aromatic N) is 1. The second-order valence-corrected chi connectivity index (χ2v) is 7.11. The van der Waals surface area contributed by atoms with Crippen LogP contribution in [-0.4, -0.2) is 15.0 Å². The number of aromatic amines is 2. The number of nitrogens with one attached hydrogen (secondary N) is 3. The van der Waals surface area contributed by atoms with E-state index in [1.165, 1.54) is 0 Å². The Balaban J connectivity index is 1.45. The van der Waals surface area contributed by atoms with E-state index >= 15 is 0 Å². The molecule has 0 aliphatic heterocycles. The van der Waals surface area contributed by atoms with Gasteiger partial charge in [0, 0.05) is 27.6 Å². The van der Waals surface area contributed by atoms with Crippen LogP contribution in [0, 0.1) is 0 Å². The van der Waals surface area contributed by atoms with Crippen LogP contribution >= 0.6 is 15.9 Å². The molecule has 6 heteroatoms. The minimum absolute atomic E-state index is 0.683. The maximum atomic E-state index is 5.89. The average Bonchev–Trinajstić information content (AvgIpc) is 3.26. The topological polar surface area (TPSA) is 65.7 Å². The zero-order valence-electron chi connectivity index (χ0n) is 14.2. The molecule has 0 bridgehead atoms. The van der Waals surface area contributed by atoms with Gasteiger partial charge in [0.25, 0.3) is 0 Å². The van der Waals surface area contributed by atoms with Crippen LogP contribution in [-0.2, 0) is 0 Å². The molecule has 0 unspecified atom stereocenters. The third kappa shape index (κ3) is 3.15. The molecule has 0 fully saturated rings. The van der Waals surface area contributed by atoms with Crippen molar-refractivity contribution < 1.29 is 4.74 Å². The molecule has 0 spiro atoms. The maximum Gasteiger partial charge on any atom is 0.205 e. The Kier molecular flexibility index (Phi) is 3.83. The summed E-state index contributed by atoms with van der Waals surface area (Å²) >= 11 is 3.52. The molecule has 0 saturated carbocycles. The van der Waals surface area contributed by atoms with Crippen molar-refractivity contribution in [2.24, 2.45) is 0 Å². The van der Waals surface area contributed by atoms with E-state index < -0.39 is 0 Å². The zero-order chi connectivity index (χ0) is 18.2. The Bertz CT molecular complexity index is 1240. The number of halogens is 1. The first-order valence-corrected chi connectivity index (χ1v) is 9.30. The number of H-pyrrole nitrogens is 2. The number of fused-ring (bicyclic) bond motifs is 2. The van der Waals surface area contributed by atoms with Crippen molar-refractivity contribution in [1.29, 1.82) is 0 Å². The summed E-state index contributed by atoms with van der Waals surface area (Å²) in [5, 5.41) is 4.45. The molecule has 27 heavy (non-hydrogen) atoms. The number of ether oxygens (including phenoxy) is 1. The first-order chi connectivity index (χ1) is 13.2. The third-order valence-electron chi connectivity index (χ3n) is 4.33. The zero-order valence-corrected chi connectivity index (χ0v) is 15.7. The summed E-state index contributed by atoms with van der Waals surface area (Å²) in [5.41, 5.74) is 3.81. The predicted octanol–water partition coefficient (Wildman–Crippen LogP) is 6.34. The highest BCUT2D eigenvalue weighted by atomic mass is 79.9. The summed E-state index contributed by atoms with van der Waals surface area (Å²) in [7, 11) is 0. The van der Waals surface area contributed by atoms with E-state index in [9.17, 15) is 0 Å². The minimum atomic E-state index is 0.683. The molecule has 0 aliphatic carbocycles. The normalized spacial score (nSPS) is 11.1. The van der Waals surface area contributed by atoms with Crippen LogP contribution in [0.15, 0.2) is 77.4 Å². The van der Waals surface area contributed by atoms with E-state index in [1.807, 2.05) is 66.9 Å². The van der Waals surface area contributed by atoms with Gasteiger partial charge in [0.15, 0.2) is 0 Å². The van der Waals surface area contributed by atoms with E-state index in [-0.39, 0.29) is 0 Å². The van der Waals surface area contributed by atoms with Gasteiger partial charge in [-0.1, -0.05) is 34.1 Å². The van der Waals surface area contributed by atoms with Gasteiger partial charge in [-0.05, 0) is 42.5 Å². The van der Waals surface area contributed by atoms with Crippen molar-refractivity contribution in [2.75, 3.05) is 5.32 Å². The molecule has 0 amide bonds. The monoisotopic (exact) mass is 418 g/mol. The van der Waals surface area contributed by atoms with Crippen LogP contribution in [0.2, 0.25) is 0 Å². The van der Waals surface area contributed by atoms with Gasteiger partial charge in [0.05, 0.1) is 16.7 Å². The number of rotatable bonds is 4. The molecule has 3 N–H and O–H groups in total. The first kappa shape index (κ1) is 16.0. The molecular formula is C21H15BrN4O. The summed E-state index contributed by atoms with van der Waals surface area (Å²) < 4.78 is 6.92. The van der Waals surface area contributed by atoms with Crippen molar-refractivity contribution in [2.45, 2.75) is 0 Å². The molecule has 0 saturated heterocycles. The van der Waals surface area contributed by atoms with Crippen LogP contribution in [0.4, 0.5) is 11.6 Å². The SMILES string of the molecule is Brc1ccc2[nH]cc(Nc3nc4cc(Oc5ccccc5)ccc4[nH]3)c2c1. The lowest BCUT2D eigenvalue weighted by Crippen LogP contribution is -1.90. The highest BCUT2D eigenvalue weighted by Gasteiger charge is 2.09. The Morgan fingerprint density at radius 2 is 1.74 bits per heavy atom. The number of imidazole rings is 1. The largest absolute Gasteiger partial charge is 0.457 e. The predicted molar refractivity (Wildman–Crippen MR) is 112 cm³/mol. The van der Waals surface area contributed by atoms with E-state index in [2.05, 4.69) is 42.3 Å². The van der Waals surface area contributed by atoms with Gasteiger partial charge in [-0.3, -0.25) is 0 Å². The second kappa shape index (κ2) is 6.48. The quantitative estimate of drug-likeness (QED) is 0.318. The van der Waals surface area contributed by atoms with Crippen LogP contribution in [0.3, 0.4) is 0 Å². The van der Waals surface area contributed by atoms with Gasteiger partial charge in [0.1, 0.15) is 11.5 Å². The Labute approximate surface area is 163 Å². The second-order valence-electron chi connectivity index (χ2n) is 6.20. The molecule has 2 aromatic heterocycles. The lowest BCUT2D eigenvalue weighted by atomic mass is 10.2. The number of hydrogen-bond acceptors (Lipinski definition) is 3. The summed E-state index contributed by atoms with van der Waals surface area (Å²) in [5.74, 6) is 2.24. The van der Waals surface area contributed by atoms with Crippen LogP contribution in [0.25, 0.3) is 21.9 Å². The molecule has 5 nitrogen and oxygen atoms in total. The summed E-state index contributed by atoms with van der Waals surface area (Å²) in [4.78, 5) is 11.2. The standard InChI is InChI=1S/C21H15BrN4O/c22-13-6-8-17-16(10-13)20(12-23-17)26-21-24-18-9-7-15(11-19(18)25-21)27-14-4-2-1-3-5-14/h1-12,23H,(H2,24,25,26). The minimum Gasteiger partial charge on any atom is -0.457 e. The van der Waals surface area contributed by atoms with E-state index in [4.69, 9.17) is 4.74 Å². The molecule has 0 radical (unpaired) electrons. The molecule has 0 aliphatic rings. The van der Waals surface area contributed by atoms with Gasteiger partial charge in [-0.2, -0.15) is 0 Å². The van der Waals surface area contributed by atoms with Crippen molar-refractivity contribution in [3.05, 3.63) is 77.4 Å². The smallest absolute Gasteiger partial charge is 0.205 e. The molecule has 5 rings (SSSR count). The molecule has 3 aromatic carbocycles. The number of aromatic nitrogens is 3. The van der Waals surface area contributed by atoms with Crippen molar-refractivity contribution in [3.63, 3.8) is 0 Å². The van der Waals surface area contributed by atoms with E-state index in [0.29, 0.717) is 5.95 Å². The van der Waals surface area contributed by atoms with Gasteiger partial charge in [0.2, 0.25) is 5.95 Å². The molecule has 132 valence electrons. The van der Waals surface area contributed by atoms with Crippen LogP contribution < -0.4 is 10.1 Å². The van der Waals surface area contributed by atoms with E-state index in [0.717, 1.165) is 43.6 Å². The first-order valence-electron chi connectivity index (χ1n) is 8.51. The van der Waals surface area contributed by atoms with Gasteiger partial charge in [-0.15, -0.1) is 0 Å².